The van der Waals surface area contributed by atoms with Gasteiger partial charge < -0.3 is 5.11 Å². The van der Waals surface area contributed by atoms with Gasteiger partial charge in [-0.1, -0.05) is 6.07 Å². The van der Waals surface area contributed by atoms with Crippen LogP contribution in [0.1, 0.15) is 24.0 Å². The predicted molar refractivity (Wildman–Crippen MR) is 69.8 cm³/mol. The number of sulfonamides is 1. The maximum atomic E-state index is 12.1. The van der Waals surface area contributed by atoms with E-state index in [9.17, 15) is 13.5 Å². The van der Waals surface area contributed by atoms with Gasteiger partial charge in [-0.3, -0.25) is 0 Å². The second kappa shape index (κ2) is 4.99. The molecule has 0 spiro atoms. The zero-order valence-corrected chi connectivity index (χ0v) is 11.5. The maximum Gasteiger partial charge on any atom is 0.240 e. The highest BCUT2D eigenvalue weighted by atomic mass is 32.2. The Morgan fingerprint density at radius 3 is 2.33 bits per heavy atom. The van der Waals surface area contributed by atoms with E-state index in [1.807, 2.05) is 19.9 Å². The molecule has 0 radical (unpaired) electrons. The highest BCUT2D eigenvalue weighted by Gasteiger charge is 2.30. The molecular weight excluding hydrogens is 250 g/mol. The maximum absolute atomic E-state index is 12.1. The standard InChI is InChI=1S/C13H19NO3S/c1-9-5-10(2)7-12(6-9)18(16,17)14-8-13(15)11-3-4-11/h5-7,11,13-15H,3-4,8H2,1-2H3. The van der Waals surface area contributed by atoms with Crippen molar-refractivity contribution >= 4 is 10.0 Å². The van der Waals surface area contributed by atoms with E-state index in [0.717, 1.165) is 24.0 Å². The SMILES string of the molecule is Cc1cc(C)cc(S(=O)(=O)NCC(O)C2CC2)c1. The average Bonchev–Trinajstić information content (AvgIpc) is 3.08. The molecule has 2 rings (SSSR count). The van der Waals surface area contributed by atoms with Gasteiger partial charge in [-0.15, -0.1) is 0 Å². The van der Waals surface area contributed by atoms with Gasteiger partial charge in [0.2, 0.25) is 10.0 Å². The average molecular weight is 269 g/mol. The van der Waals surface area contributed by atoms with E-state index < -0.39 is 16.1 Å². The van der Waals surface area contributed by atoms with E-state index in [0.29, 0.717) is 0 Å². The summed E-state index contributed by atoms with van der Waals surface area (Å²) in [7, 11) is -3.52. The monoisotopic (exact) mass is 269 g/mol. The van der Waals surface area contributed by atoms with Gasteiger partial charge in [0.25, 0.3) is 0 Å². The van der Waals surface area contributed by atoms with E-state index in [2.05, 4.69) is 4.72 Å². The number of hydrogen-bond donors (Lipinski definition) is 2. The molecule has 1 saturated carbocycles. The van der Waals surface area contributed by atoms with Gasteiger partial charge in [-0.25, -0.2) is 13.1 Å². The third kappa shape index (κ3) is 3.31. The highest BCUT2D eigenvalue weighted by Crippen LogP contribution is 2.32. The van der Waals surface area contributed by atoms with Crippen molar-refractivity contribution in [2.24, 2.45) is 5.92 Å². The molecule has 100 valence electrons. The summed E-state index contributed by atoms with van der Waals surface area (Å²) in [5.74, 6) is 0.270. The Morgan fingerprint density at radius 2 is 1.83 bits per heavy atom. The minimum atomic E-state index is -3.52. The Kier molecular flexibility index (Phi) is 3.75. The quantitative estimate of drug-likeness (QED) is 0.848. The van der Waals surface area contributed by atoms with Crippen molar-refractivity contribution in [3.63, 3.8) is 0 Å². The molecule has 0 aliphatic heterocycles. The fourth-order valence-corrected chi connectivity index (χ4v) is 3.25. The van der Waals surface area contributed by atoms with Crippen LogP contribution in [0.4, 0.5) is 0 Å². The highest BCUT2D eigenvalue weighted by molar-refractivity contribution is 7.89. The lowest BCUT2D eigenvalue weighted by molar-refractivity contribution is 0.155. The zero-order valence-electron chi connectivity index (χ0n) is 10.7. The van der Waals surface area contributed by atoms with Crippen molar-refractivity contribution in [1.82, 2.24) is 4.72 Å². The van der Waals surface area contributed by atoms with Gasteiger partial charge in [0.05, 0.1) is 11.0 Å². The van der Waals surface area contributed by atoms with E-state index in [4.69, 9.17) is 0 Å². The van der Waals surface area contributed by atoms with Crippen LogP contribution in [0, 0.1) is 19.8 Å². The number of aliphatic hydroxyl groups is 1. The van der Waals surface area contributed by atoms with Crippen LogP contribution < -0.4 is 4.72 Å². The molecule has 1 aliphatic carbocycles. The van der Waals surface area contributed by atoms with E-state index in [-0.39, 0.29) is 17.4 Å². The molecule has 5 heteroatoms. The smallest absolute Gasteiger partial charge is 0.240 e. The van der Waals surface area contributed by atoms with E-state index in [1.165, 1.54) is 0 Å². The van der Waals surface area contributed by atoms with Crippen LogP contribution in [-0.2, 0) is 10.0 Å². The van der Waals surface area contributed by atoms with Gasteiger partial charge in [0.1, 0.15) is 0 Å². The number of aryl methyl sites for hydroxylation is 2. The minimum absolute atomic E-state index is 0.0972. The topological polar surface area (TPSA) is 66.4 Å². The molecule has 18 heavy (non-hydrogen) atoms. The number of nitrogens with one attached hydrogen (secondary N) is 1. The van der Waals surface area contributed by atoms with E-state index >= 15 is 0 Å². The van der Waals surface area contributed by atoms with Crippen molar-refractivity contribution in [2.75, 3.05) is 6.54 Å². The summed E-state index contributed by atoms with van der Waals surface area (Å²) < 4.78 is 26.6. The van der Waals surface area contributed by atoms with Crippen molar-refractivity contribution in [3.8, 4) is 0 Å². The van der Waals surface area contributed by atoms with Crippen LogP contribution in [0.3, 0.4) is 0 Å². The van der Waals surface area contributed by atoms with Crippen LogP contribution in [0.25, 0.3) is 0 Å². The van der Waals surface area contributed by atoms with Gasteiger partial charge in [-0.05, 0) is 55.9 Å². The number of aliphatic hydroxyl groups excluding tert-OH is 1. The molecule has 1 aromatic carbocycles. The first-order chi connectivity index (χ1) is 8.38. The Labute approximate surface area is 108 Å². The Bertz CT molecular complexity index is 515. The summed E-state index contributed by atoms with van der Waals surface area (Å²) in [6, 6.07) is 5.20. The first-order valence-electron chi connectivity index (χ1n) is 6.14. The molecule has 1 fully saturated rings. The Morgan fingerprint density at radius 1 is 1.28 bits per heavy atom. The van der Waals surface area contributed by atoms with Crippen LogP contribution in [0.2, 0.25) is 0 Å². The summed E-state index contributed by atoms with van der Waals surface area (Å²) >= 11 is 0. The Hall–Kier alpha value is -0.910. The van der Waals surface area contributed by atoms with Crippen molar-refractivity contribution in [3.05, 3.63) is 29.3 Å². The molecule has 0 heterocycles. The molecule has 1 aromatic rings. The first-order valence-corrected chi connectivity index (χ1v) is 7.63. The second-order valence-corrected chi connectivity index (χ2v) is 6.85. The number of benzene rings is 1. The molecule has 0 amide bonds. The Balaban J connectivity index is 2.09. The first kappa shape index (κ1) is 13.5. The molecule has 0 bridgehead atoms. The van der Waals surface area contributed by atoms with Crippen LogP contribution in [0.5, 0.6) is 0 Å². The summed E-state index contributed by atoms with van der Waals surface area (Å²) in [6.07, 6.45) is 1.42. The van der Waals surface area contributed by atoms with Crippen molar-refractivity contribution in [1.29, 1.82) is 0 Å². The van der Waals surface area contributed by atoms with Gasteiger partial charge in [0.15, 0.2) is 0 Å². The molecule has 2 N–H and O–H groups in total. The fourth-order valence-electron chi connectivity index (χ4n) is 2.01. The summed E-state index contributed by atoms with van der Waals surface area (Å²) in [5.41, 5.74) is 1.83. The number of rotatable bonds is 5. The lowest BCUT2D eigenvalue weighted by Gasteiger charge is -2.12. The van der Waals surface area contributed by atoms with Crippen LogP contribution in [0.15, 0.2) is 23.1 Å². The molecule has 0 aromatic heterocycles. The second-order valence-electron chi connectivity index (χ2n) is 5.08. The predicted octanol–water partition coefficient (Wildman–Crippen LogP) is 1.35. The molecule has 1 atom stereocenters. The lowest BCUT2D eigenvalue weighted by atomic mass is 10.2. The van der Waals surface area contributed by atoms with Gasteiger partial charge in [0, 0.05) is 6.54 Å². The zero-order chi connectivity index (χ0) is 13.3. The third-order valence-electron chi connectivity index (χ3n) is 3.15. The number of hydrogen-bond acceptors (Lipinski definition) is 3. The molecular formula is C13H19NO3S. The molecule has 0 saturated heterocycles. The third-order valence-corrected chi connectivity index (χ3v) is 4.56. The fraction of sp³-hybridized carbons (Fsp3) is 0.538. The summed E-state index contributed by atoms with van der Waals surface area (Å²) in [5, 5.41) is 9.68. The largest absolute Gasteiger partial charge is 0.391 e. The molecule has 1 aliphatic rings. The minimum Gasteiger partial charge on any atom is -0.391 e. The normalized spacial score (nSPS) is 17.7. The lowest BCUT2D eigenvalue weighted by Crippen LogP contribution is -2.33. The molecule has 1 unspecified atom stereocenters. The summed E-state index contributed by atoms with van der Waals surface area (Å²) in [4.78, 5) is 0.267. The van der Waals surface area contributed by atoms with Crippen LogP contribution in [-0.4, -0.2) is 26.2 Å². The van der Waals surface area contributed by atoms with Gasteiger partial charge >= 0.3 is 0 Å². The summed E-state index contributed by atoms with van der Waals surface area (Å²) in [6.45, 7) is 3.83. The van der Waals surface area contributed by atoms with E-state index in [1.54, 1.807) is 12.1 Å². The van der Waals surface area contributed by atoms with Crippen molar-refractivity contribution < 1.29 is 13.5 Å². The van der Waals surface area contributed by atoms with Gasteiger partial charge in [-0.2, -0.15) is 0 Å². The molecule has 4 nitrogen and oxygen atoms in total. The van der Waals surface area contributed by atoms with Crippen molar-refractivity contribution in [2.45, 2.75) is 37.7 Å². The van der Waals surface area contributed by atoms with Crippen LogP contribution >= 0.6 is 0 Å².